The van der Waals surface area contributed by atoms with Gasteiger partial charge in [0, 0.05) is 44.3 Å². The summed E-state index contributed by atoms with van der Waals surface area (Å²) in [5, 5.41) is 2.58. The standard InChI is InChI=1S/C26H27F3N4O3/c1-36-17-16-32(25(35)30-21-11-9-20(10-12-21)26(27,28)29)18-23(34)33-15-14-31-13-5-8-22(31)24(33)19-6-3-2-4-7-19/h2-13,24H,14-18H2,1H3,(H,30,35). The Hall–Kier alpha value is -3.79. The summed E-state index contributed by atoms with van der Waals surface area (Å²) < 4.78 is 45.7. The first kappa shape index (κ1) is 25.3. The van der Waals surface area contributed by atoms with Gasteiger partial charge in [-0.25, -0.2) is 4.79 Å². The first-order valence-corrected chi connectivity index (χ1v) is 11.5. The number of rotatable bonds is 7. The Balaban J connectivity index is 1.51. The van der Waals surface area contributed by atoms with Crippen LogP contribution in [0.4, 0.5) is 23.7 Å². The van der Waals surface area contributed by atoms with Gasteiger partial charge in [-0.2, -0.15) is 13.2 Å². The van der Waals surface area contributed by atoms with Crippen LogP contribution in [0, 0.1) is 0 Å². The summed E-state index contributed by atoms with van der Waals surface area (Å²) in [4.78, 5) is 29.6. The van der Waals surface area contributed by atoms with Crippen molar-refractivity contribution >= 4 is 17.6 Å². The van der Waals surface area contributed by atoms with Gasteiger partial charge in [-0.3, -0.25) is 4.79 Å². The second-order valence-electron chi connectivity index (χ2n) is 8.45. The van der Waals surface area contributed by atoms with Gasteiger partial charge < -0.3 is 24.4 Å². The van der Waals surface area contributed by atoms with E-state index in [1.54, 1.807) is 4.90 Å². The molecule has 0 spiro atoms. The van der Waals surface area contributed by atoms with Crippen LogP contribution in [0.2, 0.25) is 0 Å². The molecule has 0 bridgehead atoms. The zero-order valence-corrected chi connectivity index (χ0v) is 19.7. The number of ether oxygens (including phenoxy) is 1. The predicted molar refractivity (Wildman–Crippen MR) is 128 cm³/mol. The first-order chi connectivity index (χ1) is 17.3. The van der Waals surface area contributed by atoms with Gasteiger partial charge in [-0.15, -0.1) is 0 Å². The fourth-order valence-corrected chi connectivity index (χ4v) is 4.29. The van der Waals surface area contributed by atoms with E-state index in [4.69, 9.17) is 4.74 Å². The van der Waals surface area contributed by atoms with Gasteiger partial charge in [0.1, 0.15) is 6.54 Å². The van der Waals surface area contributed by atoms with Gasteiger partial charge in [0.15, 0.2) is 0 Å². The molecule has 0 saturated carbocycles. The SMILES string of the molecule is COCCN(CC(=O)N1CCn2cccc2C1c1ccccc1)C(=O)Nc1ccc(C(F)(F)F)cc1. The minimum Gasteiger partial charge on any atom is -0.383 e. The van der Waals surface area contributed by atoms with E-state index >= 15 is 0 Å². The molecule has 1 unspecified atom stereocenters. The summed E-state index contributed by atoms with van der Waals surface area (Å²) in [6, 6.07) is 16.9. The minimum absolute atomic E-state index is 0.134. The molecule has 1 atom stereocenters. The lowest BCUT2D eigenvalue weighted by atomic mass is 10.00. The van der Waals surface area contributed by atoms with Crippen LogP contribution in [-0.4, -0.2) is 59.7 Å². The Labute approximate surface area is 207 Å². The highest BCUT2D eigenvalue weighted by atomic mass is 19.4. The molecule has 2 aromatic carbocycles. The van der Waals surface area contributed by atoms with Crippen molar-refractivity contribution in [2.24, 2.45) is 0 Å². The molecule has 36 heavy (non-hydrogen) atoms. The third-order valence-electron chi connectivity index (χ3n) is 6.12. The van der Waals surface area contributed by atoms with Crippen LogP contribution in [0.3, 0.4) is 0 Å². The summed E-state index contributed by atoms with van der Waals surface area (Å²) in [7, 11) is 1.48. The van der Waals surface area contributed by atoms with Gasteiger partial charge in [0.2, 0.25) is 5.91 Å². The van der Waals surface area contributed by atoms with Crippen LogP contribution < -0.4 is 5.32 Å². The molecular formula is C26H27F3N4O3. The third-order valence-corrected chi connectivity index (χ3v) is 6.12. The average molecular weight is 501 g/mol. The number of fused-ring (bicyclic) bond motifs is 1. The molecule has 0 saturated heterocycles. The number of urea groups is 1. The maximum absolute atomic E-state index is 13.5. The molecule has 0 radical (unpaired) electrons. The number of anilines is 1. The number of carbonyl (C=O) groups excluding carboxylic acids is 2. The van der Waals surface area contributed by atoms with Gasteiger partial charge in [-0.05, 0) is 42.0 Å². The number of halogens is 3. The summed E-state index contributed by atoms with van der Waals surface area (Å²) in [6.07, 6.45) is -2.49. The van der Waals surface area contributed by atoms with E-state index in [0.717, 1.165) is 23.4 Å². The van der Waals surface area contributed by atoms with E-state index in [-0.39, 0.29) is 37.3 Å². The number of nitrogens with zero attached hydrogens (tertiary/aromatic N) is 3. The molecule has 4 rings (SSSR count). The number of nitrogens with one attached hydrogen (secondary N) is 1. The van der Waals surface area contributed by atoms with Crippen molar-refractivity contribution in [2.45, 2.75) is 18.8 Å². The number of hydrogen-bond donors (Lipinski definition) is 1. The Morgan fingerprint density at radius 2 is 1.75 bits per heavy atom. The molecule has 2 heterocycles. The van der Waals surface area contributed by atoms with Crippen molar-refractivity contribution in [1.82, 2.24) is 14.4 Å². The lowest BCUT2D eigenvalue weighted by Gasteiger charge is -2.38. The number of benzene rings is 2. The Bertz CT molecular complexity index is 1180. The number of hydrogen-bond acceptors (Lipinski definition) is 3. The van der Waals surface area contributed by atoms with Gasteiger partial charge >= 0.3 is 12.2 Å². The van der Waals surface area contributed by atoms with Crippen LogP contribution in [0.1, 0.15) is 22.9 Å². The number of carbonyl (C=O) groups is 2. The van der Waals surface area contributed by atoms with E-state index in [1.165, 1.54) is 24.1 Å². The zero-order chi connectivity index (χ0) is 25.7. The van der Waals surface area contributed by atoms with E-state index < -0.39 is 17.8 Å². The van der Waals surface area contributed by atoms with Crippen molar-refractivity contribution in [3.63, 3.8) is 0 Å². The van der Waals surface area contributed by atoms with E-state index in [1.807, 2.05) is 48.7 Å². The molecule has 1 aliphatic heterocycles. The smallest absolute Gasteiger partial charge is 0.383 e. The fourth-order valence-electron chi connectivity index (χ4n) is 4.29. The summed E-state index contributed by atoms with van der Waals surface area (Å²) in [5.74, 6) is -0.241. The Morgan fingerprint density at radius 1 is 1.03 bits per heavy atom. The summed E-state index contributed by atoms with van der Waals surface area (Å²) in [5.41, 5.74) is 1.33. The zero-order valence-electron chi connectivity index (χ0n) is 19.7. The largest absolute Gasteiger partial charge is 0.416 e. The highest BCUT2D eigenvalue weighted by Gasteiger charge is 2.33. The van der Waals surface area contributed by atoms with Crippen molar-refractivity contribution in [2.75, 3.05) is 38.7 Å². The van der Waals surface area contributed by atoms with Crippen LogP contribution >= 0.6 is 0 Å². The molecule has 10 heteroatoms. The molecule has 0 aliphatic carbocycles. The fraction of sp³-hybridized carbons (Fsp3) is 0.308. The van der Waals surface area contributed by atoms with Gasteiger partial charge in [-0.1, -0.05) is 30.3 Å². The minimum atomic E-state index is -4.47. The molecule has 1 N–H and O–H groups in total. The van der Waals surface area contributed by atoms with Crippen molar-refractivity contribution in [3.05, 3.63) is 89.7 Å². The lowest BCUT2D eigenvalue weighted by molar-refractivity contribution is -0.137. The Morgan fingerprint density at radius 3 is 2.42 bits per heavy atom. The molecule has 7 nitrogen and oxygen atoms in total. The highest BCUT2D eigenvalue weighted by molar-refractivity contribution is 5.92. The normalized spacial score (nSPS) is 15.3. The summed E-state index contributed by atoms with van der Waals surface area (Å²) in [6.45, 7) is 1.22. The van der Waals surface area contributed by atoms with Gasteiger partial charge in [0.25, 0.3) is 0 Å². The summed E-state index contributed by atoms with van der Waals surface area (Å²) >= 11 is 0. The highest BCUT2D eigenvalue weighted by Crippen LogP contribution is 2.33. The molecule has 3 amide bonds. The number of amides is 3. The van der Waals surface area contributed by atoms with Crippen LogP contribution in [0.5, 0.6) is 0 Å². The molecule has 3 aromatic rings. The number of methoxy groups -OCH3 is 1. The second kappa shape index (κ2) is 10.9. The third kappa shape index (κ3) is 5.71. The lowest BCUT2D eigenvalue weighted by Crippen LogP contribution is -2.49. The van der Waals surface area contributed by atoms with Crippen LogP contribution in [0.25, 0.3) is 0 Å². The molecule has 0 fully saturated rings. The predicted octanol–water partition coefficient (Wildman–Crippen LogP) is 4.62. The maximum Gasteiger partial charge on any atom is 0.416 e. The number of aromatic nitrogens is 1. The van der Waals surface area contributed by atoms with Crippen molar-refractivity contribution < 1.29 is 27.5 Å². The molecule has 190 valence electrons. The average Bonchev–Trinajstić information content (AvgIpc) is 3.35. The second-order valence-corrected chi connectivity index (χ2v) is 8.45. The van der Waals surface area contributed by atoms with Crippen molar-refractivity contribution in [1.29, 1.82) is 0 Å². The van der Waals surface area contributed by atoms with Crippen LogP contribution in [-0.2, 0) is 22.3 Å². The Kier molecular flexibility index (Phi) is 7.64. The molecule has 1 aromatic heterocycles. The first-order valence-electron chi connectivity index (χ1n) is 11.5. The monoisotopic (exact) mass is 500 g/mol. The quantitative estimate of drug-likeness (QED) is 0.515. The van der Waals surface area contributed by atoms with Crippen LogP contribution in [0.15, 0.2) is 72.9 Å². The number of alkyl halides is 3. The molecule has 1 aliphatic rings. The van der Waals surface area contributed by atoms with E-state index in [2.05, 4.69) is 9.88 Å². The maximum atomic E-state index is 13.5. The van der Waals surface area contributed by atoms with Crippen molar-refractivity contribution in [3.8, 4) is 0 Å². The topological polar surface area (TPSA) is 66.8 Å². The van der Waals surface area contributed by atoms with Gasteiger partial charge in [0.05, 0.1) is 18.2 Å². The van der Waals surface area contributed by atoms with E-state index in [9.17, 15) is 22.8 Å². The molecular weight excluding hydrogens is 473 g/mol. The van der Waals surface area contributed by atoms with E-state index in [0.29, 0.717) is 13.1 Å².